The minimum Gasteiger partial charge on any atom is -0.207 e. The number of aryl methyl sites for hydroxylation is 12. The summed E-state index contributed by atoms with van der Waals surface area (Å²) in [5, 5.41) is 0. The summed E-state index contributed by atoms with van der Waals surface area (Å²) in [7, 11) is -15.6. The Kier molecular flexibility index (Phi) is 18.4. The summed E-state index contributed by atoms with van der Waals surface area (Å²) in [4.78, 5) is 1.15. The van der Waals surface area contributed by atoms with Gasteiger partial charge in [0.25, 0.3) is 0 Å². The lowest BCUT2D eigenvalue weighted by molar-refractivity contribution is 0.339. The lowest BCUT2D eigenvalue weighted by Crippen LogP contribution is -2.38. The van der Waals surface area contributed by atoms with E-state index in [0.717, 1.165) is 22.3 Å². The van der Waals surface area contributed by atoms with E-state index in [1.54, 1.807) is 0 Å². The largest absolute Gasteiger partial charge is 0.243 e. The molecule has 4 aromatic rings. The second-order valence-electron chi connectivity index (χ2n) is 19.8. The summed E-state index contributed by atoms with van der Waals surface area (Å²) >= 11 is 0. The highest BCUT2D eigenvalue weighted by Crippen LogP contribution is 2.42. The van der Waals surface area contributed by atoms with Crippen molar-refractivity contribution in [3.05, 3.63) is 115 Å². The molecule has 1 saturated carbocycles. The first kappa shape index (κ1) is 56.4. The SMILES string of the molecule is CCN(CCCCN(C[C@H]1C[C@H]1CN(CCCCN(CC)S(=O)(=O)c1c(C)cc(C)cc1C)S(=O)(=O)c1c(C)cc(C)cc1C)S(=O)(=O)c1c(C)cc(C)cc1C)S(=O)(=O)c1c(C)cc(C)cc1C. The van der Waals surface area contributed by atoms with Crippen LogP contribution in [0, 0.1) is 94.9 Å². The Labute approximate surface area is 416 Å². The van der Waals surface area contributed by atoms with E-state index >= 15 is 0 Å². The Morgan fingerprint density at radius 2 is 0.536 bits per heavy atom. The van der Waals surface area contributed by atoms with Gasteiger partial charge in [0.15, 0.2) is 0 Å². The highest BCUT2D eigenvalue weighted by molar-refractivity contribution is 7.90. The summed E-state index contributed by atoms with van der Waals surface area (Å²) in [6.07, 6.45) is 2.33. The maximum atomic E-state index is 14.8. The average Bonchev–Trinajstić information content (AvgIpc) is 3.94. The zero-order chi connectivity index (χ0) is 51.6. The third-order valence-electron chi connectivity index (χ3n) is 13.6. The number of rotatable bonds is 24. The highest BCUT2D eigenvalue weighted by Gasteiger charge is 2.44. The molecule has 0 unspecified atom stereocenters. The molecule has 69 heavy (non-hydrogen) atoms. The lowest BCUT2D eigenvalue weighted by atomic mass is 10.1. The zero-order valence-corrected chi connectivity index (χ0v) is 46.9. The molecule has 2 atom stereocenters. The normalized spacial score (nSPS) is 15.9. The quantitative estimate of drug-likeness (QED) is 0.0630. The van der Waals surface area contributed by atoms with Gasteiger partial charge in [0.2, 0.25) is 40.1 Å². The second-order valence-corrected chi connectivity index (χ2v) is 27.3. The van der Waals surface area contributed by atoms with Crippen molar-refractivity contribution in [2.45, 2.75) is 149 Å². The van der Waals surface area contributed by atoms with Crippen molar-refractivity contribution in [2.75, 3.05) is 52.4 Å². The Balaban J connectivity index is 1.37. The monoisotopic (exact) mass is 1030 g/mol. The molecule has 1 aliphatic carbocycles. The predicted octanol–water partition coefficient (Wildman–Crippen LogP) is 9.69. The fourth-order valence-corrected chi connectivity index (χ4v) is 18.5. The lowest BCUT2D eigenvalue weighted by Gasteiger charge is -2.27. The Morgan fingerprint density at radius 3 is 0.739 bits per heavy atom. The van der Waals surface area contributed by atoms with Crippen molar-refractivity contribution in [3.8, 4) is 0 Å². The number of hydrogen-bond acceptors (Lipinski definition) is 8. The second kappa shape index (κ2) is 22.5. The maximum Gasteiger partial charge on any atom is 0.243 e. The summed E-state index contributed by atoms with van der Waals surface area (Å²) in [6, 6.07) is 15.0. The maximum absolute atomic E-state index is 14.8. The molecule has 0 bridgehead atoms. The smallest absolute Gasteiger partial charge is 0.207 e. The summed E-state index contributed by atoms with van der Waals surface area (Å²) in [6.45, 7) is 27.6. The van der Waals surface area contributed by atoms with Crippen LogP contribution < -0.4 is 0 Å². The molecule has 4 aromatic carbocycles. The van der Waals surface area contributed by atoms with E-state index in [1.165, 1.54) is 17.2 Å². The predicted molar refractivity (Wildman–Crippen MR) is 279 cm³/mol. The molecular formula is C53H78N4O8S4. The number of sulfonamides is 4. The molecule has 12 nitrogen and oxygen atoms in total. The molecule has 16 heteroatoms. The third-order valence-corrected chi connectivity index (χ3v) is 22.5. The van der Waals surface area contributed by atoms with Gasteiger partial charge in [-0.3, -0.25) is 0 Å². The first-order chi connectivity index (χ1) is 32.1. The Bertz CT molecular complexity index is 2700. The number of unbranched alkanes of at least 4 members (excludes halogenated alkanes) is 2. The summed E-state index contributed by atoms with van der Waals surface area (Å²) in [5.74, 6) is -0.240. The summed E-state index contributed by atoms with van der Waals surface area (Å²) in [5.41, 5.74) is 9.27. The van der Waals surface area contributed by atoms with E-state index in [1.807, 2.05) is 145 Å². The molecule has 0 amide bonds. The van der Waals surface area contributed by atoms with Crippen molar-refractivity contribution < 1.29 is 33.7 Å². The van der Waals surface area contributed by atoms with Gasteiger partial charge in [-0.15, -0.1) is 0 Å². The van der Waals surface area contributed by atoms with Gasteiger partial charge in [0.05, 0.1) is 19.6 Å². The van der Waals surface area contributed by atoms with Gasteiger partial charge >= 0.3 is 0 Å². The fourth-order valence-electron chi connectivity index (χ4n) is 10.8. The van der Waals surface area contributed by atoms with Gasteiger partial charge < -0.3 is 0 Å². The molecule has 1 fully saturated rings. The molecule has 0 heterocycles. The Hall–Kier alpha value is -3.48. The van der Waals surface area contributed by atoms with E-state index in [2.05, 4.69) is 0 Å². The molecule has 0 radical (unpaired) electrons. The van der Waals surface area contributed by atoms with Crippen LogP contribution in [0.5, 0.6) is 0 Å². The molecule has 382 valence electrons. The van der Waals surface area contributed by atoms with Crippen LogP contribution in [0.15, 0.2) is 68.1 Å². The van der Waals surface area contributed by atoms with Crippen LogP contribution in [0.2, 0.25) is 0 Å². The van der Waals surface area contributed by atoms with Crippen LogP contribution in [-0.2, 0) is 40.1 Å². The molecule has 1 aliphatic rings. The van der Waals surface area contributed by atoms with Crippen LogP contribution in [0.4, 0.5) is 0 Å². The van der Waals surface area contributed by atoms with Crippen LogP contribution in [0.1, 0.15) is 113 Å². The van der Waals surface area contributed by atoms with E-state index in [4.69, 9.17) is 0 Å². The molecule has 5 rings (SSSR count). The van der Waals surface area contributed by atoms with Crippen molar-refractivity contribution in [1.29, 1.82) is 0 Å². The third kappa shape index (κ3) is 12.8. The first-order valence-electron chi connectivity index (χ1n) is 24.4. The first-order valence-corrected chi connectivity index (χ1v) is 30.2. The van der Waals surface area contributed by atoms with Crippen molar-refractivity contribution in [2.24, 2.45) is 11.8 Å². The van der Waals surface area contributed by atoms with Crippen LogP contribution in [0.3, 0.4) is 0 Å². The minimum atomic E-state index is -4.02. The molecular weight excluding hydrogens is 949 g/mol. The number of hydrogen-bond donors (Lipinski definition) is 0. The van der Waals surface area contributed by atoms with Gasteiger partial charge in [-0.25, -0.2) is 33.7 Å². The molecule has 0 aromatic heterocycles. The summed E-state index contributed by atoms with van der Waals surface area (Å²) < 4.78 is 121. The van der Waals surface area contributed by atoms with Gasteiger partial charge in [-0.05, 0) is 172 Å². The number of nitrogens with zero attached hydrogens (tertiary/aromatic N) is 4. The fraction of sp³-hybridized carbons (Fsp3) is 0.547. The molecule has 0 N–H and O–H groups in total. The van der Waals surface area contributed by atoms with Gasteiger partial charge in [-0.2, -0.15) is 17.2 Å². The molecule has 0 saturated heterocycles. The van der Waals surface area contributed by atoms with E-state index in [-0.39, 0.29) is 74.0 Å². The van der Waals surface area contributed by atoms with Gasteiger partial charge in [-0.1, -0.05) is 84.6 Å². The number of benzene rings is 4. The zero-order valence-electron chi connectivity index (χ0n) is 43.7. The van der Waals surface area contributed by atoms with Gasteiger partial charge in [0.1, 0.15) is 0 Å². The van der Waals surface area contributed by atoms with E-state index < -0.39 is 40.1 Å². The topological polar surface area (TPSA) is 150 Å². The van der Waals surface area contributed by atoms with Gasteiger partial charge in [0, 0.05) is 52.4 Å². The standard InChI is InChI=1S/C53H78N4O8S4/c1-15-54(66(58,59)50-40(7)25-36(3)26-41(50)8)21-17-19-23-56(68(62,63)52-44(11)29-38(5)30-45(52)12)34-48-33-49(48)35-57(69(64,65)53-46(13)31-39(6)32-47(53)14)24-20-18-22-55(16-2)67(60,61)51-42(9)27-37(4)28-43(51)10/h25-32,48-49H,15-24,33-35H2,1-14H3/t48-,49+. The van der Waals surface area contributed by atoms with Crippen molar-refractivity contribution in [3.63, 3.8) is 0 Å². The van der Waals surface area contributed by atoms with Crippen molar-refractivity contribution >= 4 is 40.1 Å². The average molecular weight is 1030 g/mol. The minimum absolute atomic E-state index is 0.120. The molecule has 0 aliphatic heterocycles. The van der Waals surface area contributed by atoms with E-state index in [9.17, 15) is 33.7 Å². The van der Waals surface area contributed by atoms with E-state index in [0.29, 0.717) is 86.4 Å². The molecule has 0 spiro atoms. The van der Waals surface area contributed by atoms with Crippen LogP contribution in [0.25, 0.3) is 0 Å². The van der Waals surface area contributed by atoms with Crippen molar-refractivity contribution in [1.82, 2.24) is 17.2 Å². The highest BCUT2D eigenvalue weighted by atomic mass is 32.2. The van der Waals surface area contributed by atoms with Crippen LogP contribution >= 0.6 is 0 Å². The Morgan fingerprint density at radius 1 is 0.348 bits per heavy atom. The van der Waals surface area contributed by atoms with Crippen LogP contribution in [-0.4, -0.2) is 103 Å².